The van der Waals surface area contributed by atoms with E-state index in [0.29, 0.717) is 13.0 Å². The Kier molecular flexibility index (Phi) is 2.75. The lowest BCUT2D eigenvalue weighted by atomic mass is 10.0. The summed E-state index contributed by atoms with van der Waals surface area (Å²) < 4.78 is 2.03. The molecule has 1 unspecified atom stereocenters. The van der Waals surface area contributed by atoms with Gasteiger partial charge in [0.05, 0.1) is 11.6 Å². The second kappa shape index (κ2) is 4.04. The van der Waals surface area contributed by atoms with E-state index in [-0.39, 0.29) is 0 Å². The number of nitrogens with two attached hydrogens (primary N) is 1. The zero-order valence-corrected chi connectivity index (χ0v) is 8.85. The van der Waals surface area contributed by atoms with Gasteiger partial charge in [-0.2, -0.15) is 0 Å². The Hall–Kier alpha value is -1.32. The van der Waals surface area contributed by atoms with Gasteiger partial charge in [-0.25, -0.2) is 0 Å². The summed E-state index contributed by atoms with van der Waals surface area (Å²) in [6, 6.07) is 8.03. The van der Waals surface area contributed by atoms with Gasteiger partial charge in [-0.15, -0.1) is 0 Å². The monoisotopic (exact) mass is 204 g/mol. The number of aliphatic hydroxyl groups excluding tert-OH is 1. The number of nitrogens with zero attached hydrogens (tertiary/aromatic N) is 1. The molecule has 1 atom stereocenters. The number of rotatable bonds is 3. The van der Waals surface area contributed by atoms with E-state index in [1.807, 2.05) is 42.1 Å². The normalized spacial score (nSPS) is 13.3. The van der Waals surface area contributed by atoms with Crippen molar-refractivity contribution >= 4 is 10.9 Å². The summed E-state index contributed by atoms with van der Waals surface area (Å²) in [5, 5.41) is 11.1. The van der Waals surface area contributed by atoms with Gasteiger partial charge in [0.25, 0.3) is 0 Å². The zero-order chi connectivity index (χ0) is 10.8. The standard InChI is InChI=1S/C12H16N2O/c1-14-8-6-9-3-2-4-10(12(9)14)11(15)5-7-13/h2-4,6,8,11,15H,5,7,13H2,1H3. The highest BCUT2D eigenvalue weighted by molar-refractivity contribution is 5.83. The van der Waals surface area contributed by atoms with Crippen molar-refractivity contribution in [2.45, 2.75) is 12.5 Å². The van der Waals surface area contributed by atoms with E-state index in [1.165, 1.54) is 0 Å². The highest BCUT2D eigenvalue weighted by atomic mass is 16.3. The smallest absolute Gasteiger partial charge is 0.0822 e. The van der Waals surface area contributed by atoms with Gasteiger partial charge in [0.15, 0.2) is 0 Å². The van der Waals surface area contributed by atoms with Crippen LogP contribution in [-0.4, -0.2) is 16.2 Å². The summed E-state index contributed by atoms with van der Waals surface area (Å²) in [6.45, 7) is 0.502. The molecule has 0 saturated carbocycles. The maximum absolute atomic E-state index is 9.97. The third-order valence-electron chi connectivity index (χ3n) is 2.73. The van der Waals surface area contributed by atoms with Crippen molar-refractivity contribution in [1.82, 2.24) is 4.57 Å². The van der Waals surface area contributed by atoms with Crippen LogP contribution < -0.4 is 5.73 Å². The molecule has 2 rings (SSSR count). The predicted molar refractivity (Wildman–Crippen MR) is 61.6 cm³/mol. The number of aryl methyl sites for hydroxylation is 1. The molecule has 80 valence electrons. The minimum absolute atomic E-state index is 0.465. The summed E-state index contributed by atoms with van der Waals surface area (Å²) in [6.07, 6.45) is 2.14. The topological polar surface area (TPSA) is 51.2 Å². The maximum atomic E-state index is 9.97. The summed E-state index contributed by atoms with van der Waals surface area (Å²) >= 11 is 0. The molecule has 3 nitrogen and oxygen atoms in total. The summed E-state index contributed by atoms with van der Waals surface area (Å²) in [7, 11) is 1.99. The highest BCUT2D eigenvalue weighted by Crippen LogP contribution is 2.26. The molecule has 0 radical (unpaired) electrons. The van der Waals surface area contributed by atoms with Crippen LogP contribution in [0, 0.1) is 0 Å². The van der Waals surface area contributed by atoms with E-state index in [2.05, 4.69) is 0 Å². The molecule has 0 bridgehead atoms. The number of benzene rings is 1. The van der Waals surface area contributed by atoms with Gasteiger partial charge < -0.3 is 15.4 Å². The zero-order valence-electron chi connectivity index (χ0n) is 8.85. The first-order valence-corrected chi connectivity index (χ1v) is 5.16. The number of aliphatic hydroxyl groups is 1. The number of fused-ring (bicyclic) bond motifs is 1. The Labute approximate surface area is 89.1 Å². The molecule has 3 heteroatoms. The van der Waals surface area contributed by atoms with Gasteiger partial charge in [0, 0.05) is 18.8 Å². The van der Waals surface area contributed by atoms with Crippen molar-refractivity contribution in [3.63, 3.8) is 0 Å². The van der Waals surface area contributed by atoms with E-state index in [4.69, 9.17) is 5.73 Å². The fourth-order valence-electron chi connectivity index (χ4n) is 1.97. The Balaban J connectivity index is 2.54. The largest absolute Gasteiger partial charge is 0.388 e. The van der Waals surface area contributed by atoms with E-state index in [1.54, 1.807) is 0 Å². The van der Waals surface area contributed by atoms with Gasteiger partial charge >= 0.3 is 0 Å². The van der Waals surface area contributed by atoms with Crippen LogP contribution in [0.25, 0.3) is 10.9 Å². The van der Waals surface area contributed by atoms with Crippen molar-refractivity contribution < 1.29 is 5.11 Å². The Morgan fingerprint density at radius 3 is 2.93 bits per heavy atom. The lowest BCUT2D eigenvalue weighted by molar-refractivity contribution is 0.171. The van der Waals surface area contributed by atoms with Crippen LogP contribution in [0.1, 0.15) is 18.1 Å². The minimum atomic E-state index is -0.465. The first-order valence-electron chi connectivity index (χ1n) is 5.16. The molecule has 3 N–H and O–H groups in total. The third kappa shape index (κ3) is 1.76. The molecule has 1 aromatic carbocycles. The second-order valence-electron chi connectivity index (χ2n) is 3.80. The average Bonchev–Trinajstić information content (AvgIpc) is 2.61. The van der Waals surface area contributed by atoms with Gasteiger partial charge in [0.1, 0.15) is 0 Å². The number of para-hydroxylation sites is 1. The van der Waals surface area contributed by atoms with Crippen LogP contribution in [0.2, 0.25) is 0 Å². The van der Waals surface area contributed by atoms with Crippen LogP contribution in [0.15, 0.2) is 30.5 Å². The maximum Gasteiger partial charge on any atom is 0.0822 e. The van der Waals surface area contributed by atoms with Crippen molar-refractivity contribution in [1.29, 1.82) is 0 Å². The fourth-order valence-corrected chi connectivity index (χ4v) is 1.97. The van der Waals surface area contributed by atoms with Crippen LogP contribution in [-0.2, 0) is 7.05 Å². The van der Waals surface area contributed by atoms with E-state index >= 15 is 0 Å². The van der Waals surface area contributed by atoms with Crippen molar-refractivity contribution in [2.75, 3.05) is 6.54 Å². The predicted octanol–water partition coefficient (Wildman–Crippen LogP) is 1.56. The summed E-state index contributed by atoms with van der Waals surface area (Å²) in [4.78, 5) is 0. The molecule has 0 amide bonds. The molecule has 2 aromatic rings. The molecule has 0 aliphatic carbocycles. The van der Waals surface area contributed by atoms with Crippen LogP contribution in [0.4, 0.5) is 0 Å². The molecule has 0 aliphatic heterocycles. The SMILES string of the molecule is Cn1ccc2cccc(C(O)CCN)c21. The van der Waals surface area contributed by atoms with Crippen LogP contribution >= 0.6 is 0 Å². The van der Waals surface area contributed by atoms with Gasteiger partial charge in [-0.1, -0.05) is 18.2 Å². The Bertz CT molecular complexity index is 462. The first kappa shape index (κ1) is 10.2. The number of hydrogen-bond acceptors (Lipinski definition) is 2. The first-order chi connectivity index (χ1) is 7.24. The lowest BCUT2D eigenvalue weighted by Gasteiger charge is -2.12. The molecule has 1 aromatic heterocycles. The van der Waals surface area contributed by atoms with Crippen LogP contribution in [0.3, 0.4) is 0 Å². The second-order valence-corrected chi connectivity index (χ2v) is 3.80. The van der Waals surface area contributed by atoms with Gasteiger partial charge in [-0.3, -0.25) is 0 Å². The Morgan fingerprint density at radius 1 is 1.40 bits per heavy atom. The van der Waals surface area contributed by atoms with Crippen LogP contribution in [0.5, 0.6) is 0 Å². The van der Waals surface area contributed by atoms with E-state index in [9.17, 15) is 5.11 Å². The molecule has 0 fully saturated rings. The molecular formula is C12H16N2O. The molecule has 0 saturated heterocycles. The van der Waals surface area contributed by atoms with Gasteiger partial charge in [0.2, 0.25) is 0 Å². The van der Waals surface area contributed by atoms with E-state index < -0.39 is 6.10 Å². The van der Waals surface area contributed by atoms with Crippen molar-refractivity contribution in [3.05, 3.63) is 36.0 Å². The molecule has 0 aliphatic rings. The number of aromatic nitrogens is 1. The molecule has 15 heavy (non-hydrogen) atoms. The van der Waals surface area contributed by atoms with Gasteiger partial charge in [-0.05, 0) is 24.4 Å². The summed E-state index contributed by atoms with van der Waals surface area (Å²) in [5.41, 5.74) is 7.52. The third-order valence-corrected chi connectivity index (χ3v) is 2.73. The quantitative estimate of drug-likeness (QED) is 0.797. The van der Waals surface area contributed by atoms with E-state index in [0.717, 1.165) is 16.5 Å². The summed E-state index contributed by atoms with van der Waals surface area (Å²) in [5.74, 6) is 0. The minimum Gasteiger partial charge on any atom is -0.388 e. The average molecular weight is 204 g/mol. The highest BCUT2D eigenvalue weighted by Gasteiger charge is 2.11. The lowest BCUT2D eigenvalue weighted by Crippen LogP contribution is -2.07. The molecule has 0 spiro atoms. The number of hydrogen-bond donors (Lipinski definition) is 2. The Morgan fingerprint density at radius 2 is 2.20 bits per heavy atom. The molecule has 1 heterocycles. The van der Waals surface area contributed by atoms with Crippen molar-refractivity contribution in [2.24, 2.45) is 12.8 Å². The molecular weight excluding hydrogens is 188 g/mol. The fraction of sp³-hybridized carbons (Fsp3) is 0.333. The van der Waals surface area contributed by atoms with Crippen molar-refractivity contribution in [3.8, 4) is 0 Å².